The SMILES string of the molecule is CCOc1cc(C#N)ccc1O[C@@H](C)C(=O)Nc1ccccc1C(C)=O. The highest BCUT2D eigenvalue weighted by atomic mass is 16.5. The van der Waals surface area contributed by atoms with E-state index in [1.807, 2.05) is 13.0 Å². The molecule has 0 radical (unpaired) electrons. The molecule has 6 heteroatoms. The Balaban J connectivity index is 2.15. The minimum absolute atomic E-state index is 0.139. The van der Waals surface area contributed by atoms with Gasteiger partial charge in [0.15, 0.2) is 23.4 Å². The fraction of sp³-hybridized carbons (Fsp3) is 0.250. The second-order valence-corrected chi connectivity index (χ2v) is 5.56. The van der Waals surface area contributed by atoms with Crippen molar-refractivity contribution in [3.8, 4) is 17.6 Å². The molecule has 1 amide bonds. The van der Waals surface area contributed by atoms with E-state index in [9.17, 15) is 9.59 Å². The second kappa shape index (κ2) is 8.67. The fourth-order valence-electron chi connectivity index (χ4n) is 2.32. The van der Waals surface area contributed by atoms with Gasteiger partial charge >= 0.3 is 0 Å². The predicted molar refractivity (Wildman–Crippen MR) is 97.5 cm³/mol. The summed E-state index contributed by atoms with van der Waals surface area (Å²) >= 11 is 0. The third-order valence-electron chi connectivity index (χ3n) is 3.61. The summed E-state index contributed by atoms with van der Waals surface area (Å²) in [6.07, 6.45) is -0.831. The maximum Gasteiger partial charge on any atom is 0.265 e. The molecule has 0 spiro atoms. The molecule has 2 aromatic rings. The molecule has 0 aliphatic heterocycles. The quantitative estimate of drug-likeness (QED) is 0.770. The lowest BCUT2D eigenvalue weighted by atomic mass is 10.1. The Morgan fingerprint density at radius 2 is 1.92 bits per heavy atom. The third-order valence-corrected chi connectivity index (χ3v) is 3.61. The first kappa shape index (κ1) is 19.0. The zero-order chi connectivity index (χ0) is 19.1. The first-order valence-corrected chi connectivity index (χ1v) is 8.20. The molecular weight excluding hydrogens is 332 g/mol. The molecule has 0 fully saturated rings. The summed E-state index contributed by atoms with van der Waals surface area (Å²) in [4.78, 5) is 24.1. The lowest BCUT2D eigenvalue weighted by Crippen LogP contribution is -2.30. The van der Waals surface area contributed by atoms with E-state index in [1.54, 1.807) is 49.4 Å². The van der Waals surface area contributed by atoms with Gasteiger partial charge in [-0.15, -0.1) is 0 Å². The summed E-state index contributed by atoms with van der Waals surface area (Å²) < 4.78 is 11.2. The lowest BCUT2D eigenvalue weighted by molar-refractivity contribution is -0.122. The highest BCUT2D eigenvalue weighted by molar-refractivity contribution is 6.04. The number of ketones is 1. The number of nitrogens with zero attached hydrogens (tertiary/aromatic N) is 1. The number of Topliss-reactive ketones (excluding diaryl/α,β-unsaturated/α-hetero) is 1. The summed E-state index contributed by atoms with van der Waals surface area (Å²) in [7, 11) is 0. The van der Waals surface area contributed by atoms with E-state index in [1.165, 1.54) is 6.92 Å². The molecule has 0 saturated heterocycles. The molecule has 134 valence electrons. The van der Waals surface area contributed by atoms with Crippen molar-refractivity contribution in [2.45, 2.75) is 26.9 Å². The van der Waals surface area contributed by atoms with Crippen LogP contribution in [0.1, 0.15) is 36.7 Å². The van der Waals surface area contributed by atoms with Crippen LogP contribution in [0.4, 0.5) is 5.69 Å². The van der Waals surface area contributed by atoms with Crippen LogP contribution in [-0.2, 0) is 4.79 Å². The van der Waals surface area contributed by atoms with Gasteiger partial charge in [-0.3, -0.25) is 9.59 Å². The molecule has 0 saturated carbocycles. The number of nitriles is 1. The van der Waals surface area contributed by atoms with Crippen molar-refractivity contribution >= 4 is 17.4 Å². The second-order valence-electron chi connectivity index (χ2n) is 5.56. The molecule has 0 aliphatic carbocycles. The Labute approximate surface area is 152 Å². The van der Waals surface area contributed by atoms with E-state index < -0.39 is 12.0 Å². The molecule has 26 heavy (non-hydrogen) atoms. The number of nitrogens with one attached hydrogen (secondary N) is 1. The van der Waals surface area contributed by atoms with Crippen molar-refractivity contribution in [1.82, 2.24) is 0 Å². The van der Waals surface area contributed by atoms with Gasteiger partial charge in [-0.2, -0.15) is 5.26 Å². The Morgan fingerprint density at radius 3 is 2.58 bits per heavy atom. The van der Waals surface area contributed by atoms with Crippen LogP contribution in [0.5, 0.6) is 11.5 Å². The molecule has 2 aromatic carbocycles. The molecule has 1 N–H and O–H groups in total. The highest BCUT2D eigenvalue weighted by Crippen LogP contribution is 2.29. The zero-order valence-electron chi connectivity index (χ0n) is 14.9. The fourth-order valence-corrected chi connectivity index (χ4v) is 2.32. The zero-order valence-corrected chi connectivity index (χ0v) is 14.9. The van der Waals surface area contributed by atoms with Crippen LogP contribution in [-0.4, -0.2) is 24.4 Å². The van der Waals surface area contributed by atoms with Gasteiger partial charge in [-0.05, 0) is 45.0 Å². The van der Waals surface area contributed by atoms with Crippen LogP contribution in [0.25, 0.3) is 0 Å². The molecule has 2 rings (SSSR count). The molecule has 0 aliphatic rings. The highest BCUT2D eigenvalue weighted by Gasteiger charge is 2.19. The number of benzene rings is 2. The van der Waals surface area contributed by atoms with Crippen LogP contribution in [0.3, 0.4) is 0 Å². The first-order valence-electron chi connectivity index (χ1n) is 8.20. The summed E-state index contributed by atoms with van der Waals surface area (Å²) in [6, 6.07) is 13.6. The van der Waals surface area contributed by atoms with E-state index in [0.717, 1.165) is 0 Å². The van der Waals surface area contributed by atoms with Crippen LogP contribution >= 0.6 is 0 Å². The van der Waals surface area contributed by atoms with Gasteiger partial charge in [0.1, 0.15) is 0 Å². The van der Waals surface area contributed by atoms with Crippen molar-refractivity contribution in [3.63, 3.8) is 0 Å². The van der Waals surface area contributed by atoms with Gasteiger partial charge in [0.25, 0.3) is 5.91 Å². The first-order chi connectivity index (χ1) is 12.5. The van der Waals surface area contributed by atoms with Gasteiger partial charge in [-0.25, -0.2) is 0 Å². The average Bonchev–Trinajstić information content (AvgIpc) is 2.63. The van der Waals surface area contributed by atoms with Gasteiger partial charge < -0.3 is 14.8 Å². The van der Waals surface area contributed by atoms with Crippen molar-refractivity contribution in [2.75, 3.05) is 11.9 Å². The molecular formula is C20H20N2O4. The molecule has 0 bridgehead atoms. The normalized spacial score (nSPS) is 11.2. The smallest absolute Gasteiger partial charge is 0.265 e. The maximum atomic E-state index is 12.4. The maximum absolute atomic E-state index is 12.4. The Kier molecular flexibility index (Phi) is 6.34. The van der Waals surface area contributed by atoms with Crippen molar-refractivity contribution in [2.24, 2.45) is 0 Å². The van der Waals surface area contributed by atoms with Crippen molar-refractivity contribution < 1.29 is 19.1 Å². The molecule has 0 heterocycles. The van der Waals surface area contributed by atoms with Gasteiger partial charge in [0, 0.05) is 11.6 Å². The number of para-hydroxylation sites is 1. The number of anilines is 1. The summed E-state index contributed by atoms with van der Waals surface area (Å²) in [5.41, 5.74) is 1.31. The summed E-state index contributed by atoms with van der Waals surface area (Å²) in [5, 5.41) is 11.7. The number of hydrogen-bond donors (Lipinski definition) is 1. The van der Waals surface area contributed by atoms with E-state index in [-0.39, 0.29) is 5.78 Å². The van der Waals surface area contributed by atoms with Gasteiger partial charge in [0.05, 0.1) is 23.9 Å². The van der Waals surface area contributed by atoms with E-state index >= 15 is 0 Å². The number of hydrogen-bond acceptors (Lipinski definition) is 5. The van der Waals surface area contributed by atoms with Crippen LogP contribution in [0.2, 0.25) is 0 Å². The van der Waals surface area contributed by atoms with E-state index in [0.29, 0.717) is 34.9 Å². The van der Waals surface area contributed by atoms with Crippen LogP contribution in [0.15, 0.2) is 42.5 Å². The van der Waals surface area contributed by atoms with E-state index in [4.69, 9.17) is 14.7 Å². The number of rotatable bonds is 7. The third kappa shape index (κ3) is 4.61. The number of carbonyl (C=O) groups is 2. The minimum atomic E-state index is -0.831. The molecule has 6 nitrogen and oxygen atoms in total. The standard InChI is InChI=1S/C20H20N2O4/c1-4-25-19-11-15(12-21)9-10-18(19)26-14(3)20(24)22-17-8-6-5-7-16(17)13(2)23/h5-11,14H,4H2,1-3H3,(H,22,24)/t14-/m0/s1. The molecule has 1 atom stereocenters. The monoisotopic (exact) mass is 352 g/mol. The van der Waals surface area contributed by atoms with Gasteiger partial charge in [-0.1, -0.05) is 12.1 Å². The number of carbonyl (C=O) groups excluding carboxylic acids is 2. The number of amides is 1. The van der Waals surface area contributed by atoms with Crippen LogP contribution < -0.4 is 14.8 Å². The lowest BCUT2D eigenvalue weighted by Gasteiger charge is -2.18. The topological polar surface area (TPSA) is 88.4 Å². The minimum Gasteiger partial charge on any atom is -0.490 e. The van der Waals surface area contributed by atoms with E-state index in [2.05, 4.69) is 5.32 Å². The molecule has 0 unspecified atom stereocenters. The summed E-state index contributed by atoms with van der Waals surface area (Å²) in [5.74, 6) is 0.231. The van der Waals surface area contributed by atoms with Crippen molar-refractivity contribution in [1.29, 1.82) is 5.26 Å². The Hall–Kier alpha value is -3.33. The Bertz CT molecular complexity index is 855. The van der Waals surface area contributed by atoms with Crippen LogP contribution in [0, 0.1) is 11.3 Å². The summed E-state index contributed by atoms with van der Waals surface area (Å²) in [6.45, 7) is 5.26. The predicted octanol–water partition coefficient (Wildman–Crippen LogP) is 3.57. The van der Waals surface area contributed by atoms with Crippen molar-refractivity contribution in [3.05, 3.63) is 53.6 Å². The average molecular weight is 352 g/mol. The molecule has 0 aromatic heterocycles. The number of ether oxygens (including phenoxy) is 2. The van der Waals surface area contributed by atoms with Gasteiger partial charge in [0.2, 0.25) is 0 Å². The largest absolute Gasteiger partial charge is 0.490 e. The Morgan fingerprint density at radius 1 is 1.19 bits per heavy atom.